The maximum absolute atomic E-state index is 9.27. The monoisotopic (exact) mass is 281 g/mol. The van der Waals surface area contributed by atoms with Crippen molar-refractivity contribution < 1.29 is 14.6 Å². The topological polar surface area (TPSA) is 41.9 Å². The Balaban J connectivity index is 2.84. The van der Waals surface area contributed by atoms with Gasteiger partial charge in [-0.25, -0.2) is 0 Å². The smallest absolute Gasteiger partial charge is 0.123 e. The Morgan fingerprint density at radius 1 is 1.25 bits per heavy atom. The van der Waals surface area contributed by atoms with Crippen molar-refractivity contribution in [2.45, 2.75) is 27.0 Å². The summed E-state index contributed by atoms with van der Waals surface area (Å²) in [6, 6.07) is 5.83. The van der Waals surface area contributed by atoms with Crippen LogP contribution in [-0.4, -0.2) is 43.9 Å². The van der Waals surface area contributed by atoms with E-state index >= 15 is 0 Å². The highest BCUT2D eigenvalue weighted by Gasteiger charge is 2.12. The molecule has 0 fully saturated rings. The molecule has 1 aromatic carbocycles. The van der Waals surface area contributed by atoms with Gasteiger partial charge in [-0.3, -0.25) is 4.90 Å². The van der Waals surface area contributed by atoms with Crippen LogP contribution in [0.4, 0.5) is 0 Å². The zero-order valence-corrected chi connectivity index (χ0v) is 13.1. The highest BCUT2D eigenvalue weighted by Crippen LogP contribution is 2.22. The molecule has 4 nitrogen and oxygen atoms in total. The van der Waals surface area contributed by atoms with E-state index in [0.29, 0.717) is 12.5 Å². The van der Waals surface area contributed by atoms with Gasteiger partial charge in [-0.2, -0.15) is 0 Å². The third-order valence-corrected chi connectivity index (χ3v) is 3.16. The molecule has 0 aliphatic carbocycles. The number of nitrogens with zero attached hydrogens (tertiary/aromatic N) is 1. The maximum Gasteiger partial charge on any atom is 0.123 e. The number of rotatable bonds is 9. The maximum atomic E-state index is 9.27. The first-order chi connectivity index (χ1) is 9.60. The Bertz CT molecular complexity index is 393. The summed E-state index contributed by atoms with van der Waals surface area (Å²) in [6.07, 6.45) is 0. The molecule has 1 aromatic rings. The fourth-order valence-corrected chi connectivity index (χ4v) is 2.27. The van der Waals surface area contributed by atoms with Crippen molar-refractivity contribution in [2.75, 3.05) is 33.9 Å². The van der Waals surface area contributed by atoms with Gasteiger partial charge >= 0.3 is 0 Å². The highest BCUT2D eigenvalue weighted by atomic mass is 16.5. The third kappa shape index (κ3) is 5.49. The van der Waals surface area contributed by atoms with Gasteiger partial charge < -0.3 is 14.6 Å². The summed E-state index contributed by atoms with van der Waals surface area (Å²) in [6.45, 7) is 7.89. The lowest BCUT2D eigenvalue weighted by atomic mass is 10.1. The molecule has 0 amide bonds. The molecule has 0 heterocycles. The second-order valence-electron chi connectivity index (χ2n) is 5.43. The minimum absolute atomic E-state index is 0.0548. The van der Waals surface area contributed by atoms with E-state index in [4.69, 9.17) is 9.47 Å². The summed E-state index contributed by atoms with van der Waals surface area (Å²) < 4.78 is 10.6. The number of ether oxygens (including phenoxy) is 2. The molecule has 0 radical (unpaired) electrons. The van der Waals surface area contributed by atoms with Crippen molar-refractivity contribution in [3.05, 3.63) is 29.3 Å². The molecule has 0 unspecified atom stereocenters. The largest absolute Gasteiger partial charge is 0.496 e. The molecular weight excluding hydrogens is 254 g/mol. The molecule has 20 heavy (non-hydrogen) atoms. The van der Waals surface area contributed by atoms with E-state index in [0.717, 1.165) is 36.5 Å². The van der Waals surface area contributed by atoms with Crippen LogP contribution in [0.15, 0.2) is 18.2 Å². The van der Waals surface area contributed by atoms with E-state index in [9.17, 15) is 5.11 Å². The minimum Gasteiger partial charge on any atom is -0.496 e. The number of hydrogen-bond acceptors (Lipinski definition) is 4. The van der Waals surface area contributed by atoms with Gasteiger partial charge in [0.2, 0.25) is 0 Å². The standard InChI is InChI=1S/C16H27NO3/c1-13(2)10-17(7-8-19-3)11-15-9-14(12-18)5-6-16(15)20-4/h5-6,9,13,18H,7-8,10-12H2,1-4H3. The van der Waals surface area contributed by atoms with E-state index in [2.05, 4.69) is 18.7 Å². The van der Waals surface area contributed by atoms with Gasteiger partial charge in [-0.15, -0.1) is 0 Å². The van der Waals surface area contributed by atoms with Gasteiger partial charge in [0.05, 0.1) is 20.3 Å². The Labute approximate surface area is 122 Å². The fourth-order valence-electron chi connectivity index (χ4n) is 2.27. The fraction of sp³-hybridized carbons (Fsp3) is 0.625. The van der Waals surface area contributed by atoms with Crippen LogP contribution in [0.3, 0.4) is 0 Å². The lowest BCUT2D eigenvalue weighted by molar-refractivity contribution is 0.135. The minimum atomic E-state index is 0.0548. The van der Waals surface area contributed by atoms with Crippen LogP contribution in [0, 0.1) is 5.92 Å². The Kier molecular flexibility index (Phi) is 7.59. The Morgan fingerprint density at radius 3 is 2.55 bits per heavy atom. The van der Waals surface area contributed by atoms with E-state index in [1.165, 1.54) is 0 Å². The number of benzene rings is 1. The van der Waals surface area contributed by atoms with Gasteiger partial charge in [0.1, 0.15) is 5.75 Å². The summed E-state index contributed by atoms with van der Waals surface area (Å²) >= 11 is 0. The van der Waals surface area contributed by atoms with Gasteiger partial charge in [-0.05, 0) is 23.6 Å². The molecule has 0 aliphatic heterocycles. The average Bonchev–Trinajstić information content (AvgIpc) is 2.44. The third-order valence-electron chi connectivity index (χ3n) is 3.16. The molecule has 0 bridgehead atoms. The number of aliphatic hydroxyl groups excluding tert-OH is 1. The van der Waals surface area contributed by atoms with Crippen molar-refractivity contribution in [1.82, 2.24) is 4.90 Å². The van der Waals surface area contributed by atoms with Crippen molar-refractivity contribution in [3.8, 4) is 5.75 Å². The summed E-state index contributed by atoms with van der Waals surface area (Å²) in [5.74, 6) is 1.47. The van der Waals surface area contributed by atoms with Gasteiger partial charge in [-0.1, -0.05) is 19.9 Å². The molecule has 0 spiro atoms. The van der Waals surface area contributed by atoms with Crippen LogP contribution in [0.1, 0.15) is 25.0 Å². The van der Waals surface area contributed by atoms with E-state index in [-0.39, 0.29) is 6.61 Å². The SMILES string of the molecule is COCCN(Cc1cc(CO)ccc1OC)CC(C)C. The lowest BCUT2D eigenvalue weighted by Crippen LogP contribution is -2.30. The van der Waals surface area contributed by atoms with Crippen molar-refractivity contribution >= 4 is 0 Å². The molecule has 0 saturated carbocycles. The Hall–Kier alpha value is -1.10. The van der Waals surface area contributed by atoms with Crippen molar-refractivity contribution in [2.24, 2.45) is 5.92 Å². The summed E-state index contributed by atoms with van der Waals surface area (Å²) in [7, 11) is 3.40. The second-order valence-corrected chi connectivity index (χ2v) is 5.43. The van der Waals surface area contributed by atoms with Crippen LogP contribution in [0.25, 0.3) is 0 Å². The molecule has 0 saturated heterocycles. The molecule has 1 N–H and O–H groups in total. The molecule has 0 atom stereocenters. The normalized spacial score (nSPS) is 11.3. The molecular formula is C16H27NO3. The summed E-state index contributed by atoms with van der Waals surface area (Å²) in [5, 5.41) is 9.27. The zero-order chi connectivity index (χ0) is 15.0. The highest BCUT2D eigenvalue weighted by molar-refractivity contribution is 5.37. The van der Waals surface area contributed by atoms with Crippen LogP contribution in [0.2, 0.25) is 0 Å². The van der Waals surface area contributed by atoms with Gasteiger partial charge in [0, 0.05) is 32.3 Å². The van der Waals surface area contributed by atoms with Crippen molar-refractivity contribution in [3.63, 3.8) is 0 Å². The molecule has 114 valence electrons. The van der Waals surface area contributed by atoms with Gasteiger partial charge in [0.25, 0.3) is 0 Å². The second kappa shape index (κ2) is 8.95. The molecule has 1 rings (SSSR count). The lowest BCUT2D eigenvalue weighted by Gasteiger charge is -2.25. The Morgan fingerprint density at radius 2 is 2.00 bits per heavy atom. The predicted molar refractivity (Wildman–Crippen MR) is 80.9 cm³/mol. The van der Waals surface area contributed by atoms with Crippen LogP contribution in [0.5, 0.6) is 5.75 Å². The molecule has 0 aliphatic rings. The number of aliphatic hydroxyl groups is 1. The first-order valence-electron chi connectivity index (χ1n) is 7.08. The van der Waals surface area contributed by atoms with Gasteiger partial charge in [0.15, 0.2) is 0 Å². The molecule has 4 heteroatoms. The van der Waals surface area contributed by atoms with E-state index < -0.39 is 0 Å². The first-order valence-corrected chi connectivity index (χ1v) is 7.08. The number of methoxy groups -OCH3 is 2. The first kappa shape index (κ1) is 17.0. The average molecular weight is 281 g/mol. The number of hydrogen-bond donors (Lipinski definition) is 1. The summed E-state index contributed by atoms with van der Waals surface area (Å²) in [5.41, 5.74) is 2.02. The quantitative estimate of drug-likeness (QED) is 0.754. The molecule has 0 aromatic heterocycles. The van der Waals surface area contributed by atoms with Crippen LogP contribution in [-0.2, 0) is 17.9 Å². The van der Waals surface area contributed by atoms with Crippen molar-refractivity contribution in [1.29, 1.82) is 0 Å². The zero-order valence-electron chi connectivity index (χ0n) is 13.1. The van der Waals surface area contributed by atoms with Crippen LogP contribution < -0.4 is 4.74 Å². The van der Waals surface area contributed by atoms with E-state index in [1.807, 2.05) is 18.2 Å². The summed E-state index contributed by atoms with van der Waals surface area (Å²) in [4.78, 5) is 2.35. The van der Waals surface area contributed by atoms with Crippen LogP contribution >= 0.6 is 0 Å². The predicted octanol–water partition coefficient (Wildman–Crippen LogP) is 2.29. The van der Waals surface area contributed by atoms with E-state index in [1.54, 1.807) is 14.2 Å².